The van der Waals surface area contributed by atoms with E-state index in [1.807, 2.05) is 0 Å². The summed E-state index contributed by atoms with van der Waals surface area (Å²) in [5.74, 6) is 1.85. The van der Waals surface area contributed by atoms with Gasteiger partial charge in [-0.25, -0.2) is 0 Å². The molecule has 11 aromatic rings. The average molecular weight is 828 g/mol. The van der Waals surface area contributed by atoms with E-state index in [0.717, 1.165) is 55.7 Å². The molecule has 0 aromatic heterocycles. The lowest BCUT2D eigenvalue weighted by Gasteiger charge is -2.40. The molecule has 0 atom stereocenters. The van der Waals surface area contributed by atoms with Crippen molar-refractivity contribution in [3.8, 4) is 56.0 Å². The summed E-state index contributed by atoms with van der Waals surface area (Å²) in [5, 5.41) is 4.57. The maximum atomic E-state index is 7.21. The van der Waals surface area contributed by atoms with Gasteiger partial charge < -0.3 is 9.64 Å². The average Bonchev–Trinajstić information content (AvgIpc) is 3.68. The van der Waals surface area contributed by atoms with E-state index in [-0.39, 0.29) is 0 Å². The molecular formula is C63H41NO. The van der Waals surface area contributed by atoms with Gasteiger partial charge in [0.15, 0.2) is 0 Å². The first-order valence-corrected chi connectivity index (χ1v) is 22.4. The zero-order valence-corrected chi connectivity index (χ0v) is 35.5. The number of hydrogen-bond donors (Lipinski definition) is 0. The first-order chi connectivity index (χ1) is 32.3. The maximum absolute atomic E-state index is 7.21. The topological polar surface area (TPSA) is 12.5 Å². The second-order valence-electron chi connectivity index (χ2n) is 17.1. The largest absolute Gasteiger partial charge is 0.455 e. The fourth-order valence-electron chi connectivity index (χ4n) is 10.9. The van der Waals surface area contributed by atoms with Crippen molar-refractivity contribution in [2.24, 2.45) is 0 Å². The molecule has 0 saturated heterocycles. The molecule has 0 bridgehead atoms. The molecule has 0 saturated carbocycles. The van der Waals surface area contributed by atoms with Crippen LogP contribution in [0.3, 0.4) is 0 Å². The molecule has 1 heterocycles. The van der Waals surface area contributed by atoms with E-state index in [1.54, 1.807) is 0 Å². The van der Waals surface area contributed by atoms with Crippen LogP contribution in [0.5, 0.6) is 11.5 Å². The Morgan fingerprint density at radius 1 is 0.308 bits per heavy atom. The van der Waals surface area contributed by atoms with Crippen LogP contribution in [-0.2, 0) is 5.41 Å². The van der Waals surface area contributed by atoms with Crippen LogP contribution >= 0.6 is 0 Å². The Balaban J connectivity index is 1.02. The zero-order valence-electron chi connectivity index (χ0n) is 35.5. The highest BCUT2D eigenvalue weighted by Crippen LogP contribution is 2.65. The number of para-hydroxylation sites is 1. The van der Waals surface area contributed by atoms with Gasteiger partial charge in [-0.15, -0.1) is 0 Å². The molecule has 2 nitrogen and oxygen atoms in total. The minimum atomic E-state index is -0.611. The molecule has 0 unspecified atom stereocenters. The first-order valence-electron chi connectivity index (χ1n) is 22.4. The second kappa shape index (κ2) is 14.8. The van der Waals surface area contributed by atoms with Crippen molar-refractivity contribution in [3.05, 3.63) is 271 Å². The Bertz CT molecular complexity index is 3530. The Morgan fingerprint density at radius 3 is 1.49 bits per heavy atom. The fourth-order valence-corrected chi connectivity index (χ4v) is 10.9. The van der Waals surface area contributed by atoms with Crippen molar-refractivity contribution in [2.45, 2.75) is 5.41 Å². The third kappa shape index (κ3) is 5.67. The lowest BCUT2D eigenvalue weighted by atomic mass is 9.65. The molecule has 2 aliphatic rings. The molecule has 0 radical (unpaired) electrons. The molecular weight excluding hydrogens is 787 g/mol. The van der Waals surface area contributed by atoms with E-state index in [9.17, 15) is 0 Å². The Kier molecular flexibility index (Phi) is 8.47. The Morgan fingerprint density at radius 2 is 0.815 bits per heavy atom. The van der Waals surface area contributed by atoms with Crippen molar-refractivity contribution in [2.75, 3.05) is 4.90 Å². The summed E-state index contributed by atoms with van der Waals surface area (Å²) in [6.07, 6.45) is 0. The summed E-state index contributed by atoms with van der Waals surface area (Å²) in [6, 6.07) is 90.6. The van der Waals surface area contributed by atoms with E-state index in [0.29, 0.717) is 0 Å². The maximum Gasteiger partial charge on any atom is 0.140 e. The van der Waals surface area contributed by atoms with Crippen molar-refractivity contribution >= 4 is 38.6 Å². The first kappa shape index (κ1) is 37.1. The number of fused-ring (bicyclic) bond motifs is 13. The second-order valence-corrected chi connectivity index (χ2v) is 17.1. The van der Waals surface area contributed by atoms with Crippen LogP contribution in [0.25, 0.3) is 66.1 Å². The van der Waals surface area contributed by atoms with Crippen LogP contribution in [0.4, 0.5) is 17.1 Å². The summed E-state index contributed by atoms with van der Waals surface area (Å²) < 4.78 is 7.21. The number of hydrogen-bond acceptors (Lipinski definition) is 2. The van der Waals surface area contributed by atoms with Crippen molar-refractivity contribution in [1.82, 2.24) is 0 Å². The van der Waals surface area contributed by atoms with E-state index in [1.165, 1.54) is 61.2 Å². The van der Waals surface area contributed by atoms with Crippen LogP contribution in [0.1, 0.15) is 22.3 Å². The molecule has 0 fully saturated rings. The zero-order chi connectivity index (χ0) is 42.9. The van der Waals surface area contributed by atoms with E-state index in [4.69, 9.17) is 4.74 Å². The molecule has 1 spiro atoms. The van der Waals surface area contributed by atoms with Crippen molar-refractivity contribution < 1.29 is 4.74 Å². The van der Waals surface area contributed by atoms with E-state index >= 15 is 0 Å². The summed E-state index contributed by atoms with van der Waals surface area (Å²) in [6.45, 7) is 0. The summed E-state index contributed by atoms with van der Waals surface area (Å²) in [4.78, 5) is 2.41. The molecule has 13 rings (SSSR count). The van der Waals surface area contributed by atoms with Gasteiger partial charge in [-0.3, -0.25) is 0 Å². The SMILES string of the molecule is c1ccc(-c2ccc(-c3ccccc3)c(N(c3ccccc3)c3ccc(-c4cccc5c4-c4ccccc4C54c5ccc6ccccc6c5Oc5c4ccc4ccccc54)cc3)c2)cc1. The third-order valence-corrected chi connectivity index (χ3v) is 13.7. The summed E-state index contributed by atoms with van der Waals surface area (Å²) in [5.41, 5.74) is 17.1. The molecule has 1 aliphatic carbocycles. The highest BCUT2D eigenvalue weighted by atomic mass is 16.5. The molecule has 0 amide bonds. The predicted octanol–water partition coefficient (Wildman–Crippen LogP) is 16.9. The molecule has 65 heavy (non-hydrogen) atoms. The Labute approximate surface area is 378 Å². The molecule has 304 valence electrons. The Hall–Kier alpha value is -8.46. The van der Waals surface area contributed by atoms with E-state index < -0.39 is 5.41 Å². The number of rotatable bonds is 6. The number of anilines is 3. The normalized spacial score (nSPS) is 12.9. The van der Waals surface area contributed by atoms with Crippen molar-refractivity contribution in [1.29, 1.82) is 0 Å². The van der Waals surface area contributed by atoms with Gasteiger partial charge in [-0.05, 0) is 91.2 Å². The van der Waals surface area contributed by atoms with E-state index in [2.05, 4.69) is 254 Å². The minimum Gasteiger partial charge on any atom is -0.455 e. The van der Waals surface area contributed by atoms with Gasteiger partial charge in [0, 0.05) is 38.8 Å². The van der Waals surface area contributed by atoms with Crippen LogP contribution in [-0.4, -0.2) is 0 Å². The third-order valence-electron chi connectivity index (χ3n) is 13.7. The summed E-state index contributed by atoms with van der Waals surface area (Å²) >= 11 is 0. The lowest BCUT2D eigenvalue weighted by molar-refractivity contribution is 0.447. The monoisotopic (exact) mass is 827 g/mol. The van der Waals surface area contributed by atoms with Crippen LogP contribution in [0, 0.1) is 0 Å². The molecule has 2 heteroatoms. The lowest BCUT2D eigenvalue weighted by Crippen LogP contribution is -2.32. The highest BCUT2D eigenvalue weighted by Gasteiger charge is 2.52. The number of benzene rings is 11. The standard InChI is InChI=1S/C63H41NO/c1-4-17-42(18-5-1)47-33-38-50(43-19-6-2-7-20-43)59(41-47)64(48-23-8-3-9-24-48)49-36-31-46(32-37-49)51-28-16-30-56-60(51)54-27-14-15-29-55(54)63(56)57-39-34-44-21-10-12-25-52(44)61(57)65-62-53-26-13-11-22-45(53)35-40-58(62)63/h1-41H. The number of ether oxygens (including phenoxy) is 1. The van der Waals surface area contributed by atoms with Gasteiger partial charge in [-0.2, -0.15) is 0 Å². The summed E-state index contributed by atoms with van der Waals surface area (Å²) in [7, 11) is 0. The van der Waals surface area contributed by atoms with Crippen LogP contribution < -0.4 is 9.64 Å². The van der Waals surface area contributed by atoms with Gasteiger partial charge in [0.1, 0.15) is 11.5 Å². The van der Waals surface area contributed by atoms with Gasteiger partial charge in [-0.1, -0.05) is 218 Å². The number of nitrogens with zero attached hydrogens (tertiary/aromatic N) is 1. The van der Waals surface area contributed by atoms with Gasteiger partial charge in [0.05, 0.1) is 11.1 Å². The van der Waals surface area contributed by atoms with Crippen LogP contribution in [0.15, 0.2) is 249 Å². The molecule has 0 N–H and O–H groups in total. The fraction of sp³-hybridized carbons (Fsp3) is 0.0159. The van der Waals surface area contributed by atoms with Gasteiger partial charge >= 0.3 is 0 Å². The highest BCUT2D eigenvalue weighted by molar-refractivity contribution is 6.02. The molecule has 11 aromatic carbocycles. The molecule has 1 aliphatic heterocycles. The minimum absolute atomic E-state index is 0.611. The van der Waals surface area contributed by atoms with Gasteiger partial charge in [0.25, 0.3) is 0 Å². The quantitative estimate of drug-likeness (QED) is 0.166. The van der Waals surface area contributed by atoms with Gasteiger partial charge in [0.2, 0.25) is 0 Å². The van der Waals surface area contributed by atoms with Crippen LogP contribution in [0.2, 0.25) is 0 Å². The van der Waals surface area contributed by atoms with Crippen molar-refractivity contribution in [3.63, 3.8) is 0 Å². The predicted molar refractivity (Wildman–Crippen MR) is 270 cm³/mol. The smallest absolute Gasteiger partial charge is 0.140 e.